The van der Waals surface area contributed by atoms with E-state index in [0.29, 0.717) is 43.1 Å². The predicted octanol–water partition coefficient (Wildman–Crippen LogP) is 2.77. The fraction of sp³-hybridized carbons (Fsp3) is 0.542. The van der Waals surface area contributed by atoms with Gasteiger partial charge in [-0.15, -0.1) is 0 Å². The Labute approximate surface area is 212 Å². The molecule has 1 aromatic heterocycles. The van der Waals surface area contributed by atoms with Crippen molar-refractivity contribution >= 4 is 33.2 Å². The smallest absolute Gasteiger partial charge is 0.376 e. The first kappa shape index (κ1) is 25.6. The van der Waals surface area contributed by atoms with Gasteiger partial charge in [0.25, 0.3) is 5.91 Å². The Morgan fingerprint density at radius 1 is 1.30 bits per heavy atom. The first-order valence-corrected chi connectivity index (χ1v) is 14.2. The predicted molar refractivity (Wildman–Crippen MR) is 130 cm³/mol. The fourth-order valence-electron chi connectivity index (χ4n) is 5.27. The summed E-state index contributed by atoms with van der Waals surface area (Å²) in [7, 11) is -3.57. The summed E-state index contributed by atoms with van der Waals surface area (Å²) in [6.07, 6.45) is 1.19. The molecular weight excluding hydrogens is 511 g/mol. The van der Waals surface area contributed by atoms with Crippen LogP contribution in [-0.4, -0.2) is 54.7 Å². The van der Waals surface area contributed by atoms with Crippen molar-refractivity contribution in [3.63, 3.8) is 0 Å². The van der Waals surface area contributed by atoms with E-state index < -0.39 is 45.7 Å². The van der Waals surface area contributed by atoms with Gasteiger partial charge in [0.2, 0.25) is 5.91 Å². The number of hydrogen-bond acceptors (Lipinski definition) is 6. The third kappa shape index (κ3) is 5.60. The van der Waals surface area contributed by atoms with Crippen molar-refractivity contribution in [2.24, 2.45) is 5.92 Å². The maximum atomic E-state index is 13.4. The normalized spacial score (nSPS) is 20.9. The van der Waals surface area contributed by atoms with E-state index in [1.54, 1.807) is 22.9 Å². The molecule has 3 N–H and O–H groups in total. The zero-order valence-corrected chi connectivity index (χ0v) is 21.1. The van der Waals surface area contributed by atoms with Gasteiger partial charge in [-0.25, -0.2) is 13.1 Å². The summed E-state index contributed by atoms with van der Waals surface area (Å²) >= 11 is 0. The van der Waals surface area contributed by atoms with Crippen LogP contribution >= 0.6 is 0 Å². The molecule has 2 aromatic rings. The topological polar surface area (TPSA) is 122 Å². The van der Waals surface area contributed by atoms with Gasteiger partial charge in [-0.2, -0.15) is 18.3 Å². The minimum Gasteiger partial charge on any atom is -0.376 e. The van der Waals surface area contributed by atoms with Crippen LogP contribution in [-0.2, 0) is 39.6 Å². The molecule has 13 heteroatoms. The first-order chi connectivity index (χ1) is 17.3. The Kier molecular flexibility index (Phi) is 6.24. The molecule has 200 valence electrons. The van der Waals surface area contributed by atoms with Crippen LogP contribution in [0.1, 0.15) is 52.9 Å². The van der Waals surface area contributed by atoms with Crippen molar-refractivity contribution in [2.75, 3.05) is 29.2 Å². The Bertz CT molecular complexity index is 1370. The van der Waals surface area contributed by atoms with Crippen LogP contribution in [0.15, 0.2) is 18.2 Å². The van der Waals surface area contributed by atoms with E-state index in [2.05, 4.69) is 21.0 Å². The molecule has 2 aliphatic carbocycles. The van der Waals surface area contributed by atoms with Crippen LogP contribution in [0.4, 0.5) is 24.7 Å². The Morgan fingerprint density at radius 2 is 2.05 bits per heavy atom. The zero-order valence-electron chi connectivity index (χ0n) is 20.2. The second-order valence-corrected chi connectivity index (χ2v) is 12.4. The minimum atomic E-state index is -4.33. The van der Waals surface area contributed by atoms with Crippen LogP contribution in [0.2, 0.25) is 0 Å². The van der Waals surface area contributed by atoms with E-state index in [-0.39, 0.29) is 11.4 Å². The molecule has 2 amide bonds. The molecule has 9 nitrogen and oxygen atoms in total. The minimum absolute atomic E-state index is 0.196. The highest BCUT2D eigenvalue weighted by atomic mass is 32.2. The number of sulfone groups is 1. The lowest BCUT2D eigenvalue weighted by Gasteiger charge is -2.35. The average Bonchev–Trinajstić information content (AvgIpc) is 3.47. The maximum Gasteiger partial charge on any atom is 0.405 e. The van der Waals surface area contributed by atoms with Crippen LogP contribution in [0.3, 0.4) is 0 Å². The summed E-state index contributed by atoms with van der Waals surface area (Å²) in [6.45, 7) is -0.652. The highest BCUT2D eigenvalue weighted by molar-refractivity contribution is 7.91. The van der Waals surface area contributed by atoms with Crippen molar-refractivity contribution in [2.45, 2.75) is 56.8 Å². The number of fused-ring (bicyclic) bond motifs is 3. The van der Waals surface area contributed by atoms with Crippen molar-refractivity contribution in [1.29, 1.82) is 0 Å². The van der Waals surface area contributed by atoms with Crippen molar-refractivity contribution in [1.82, 2.24) is 15.1 Å². The maximum absolute atomic E-state index is 13.4. The quantitative estimate of drug-likeness (QED) is 0.474. The highest BCUT2D eigenvalue weighted by Crippen LogP contribution is 2.44. The molecule has 0 saturated heterocycles. The molecule has 0 radical (unpaired) electrons. The standard InChI is InChI=1S/C24H28F3N5O4S/c1-37(35,36)12-19(33)29-21-20-18(31-32(21)9-7-14-2-3-14)11-23(30-22(20)34)8-6-15-10-16(4-5-17(15)23)28-13-24(25,26)27/h4-5,10,14,28H,2-3,6-9,11-13H2,1H3,(H,29,33)(H,30,34)/t23-/m0/s1. The lowest BCUT2D eigenvalue weighted by atomic mass is 9.82. The SMILES string of the molecule is CS(=O)(=O)CC(=O)Nc1c2c(nn1CCC1CC1)C[C@]1(CCc3cc(NCC(F)(F)F)ccc31)NC2=O. The number of nitrogens with zero attached hydrogens (tertiary/aromatic N) is 2. The Balaban J connectivity index is 1.43. The number of benzene rings is 1. The first-order valence-electron chi connectivity index (χ1n) is 12.2. The number of hydrogen-bond donors (Lipinski definition) is 3. The summed E-state index contributed by atoms with van der Waals surface area (Å²) in [5, 5.41) is 12.7. The molecule has 2 heterocycles. The molecule has 1 atom stereocenters. The molecule has 0 unspecified atom stereocenters. The molecule has 5 rings (SSSR count). The molecule has 37 heavy (non-hydrogen) atoms. The van der Waals surface area contributed by atoms with E-state index in [9.17, 15) is 31.2 Å². The molecule has 1 aromatic carbocycles. The lowest BCUT2D eigenvalue weighted by molar-refractivity contribution is -0.115. The van der Waals surface area contributed by atoms with E-state index in [0.717, 1.165) is 36.6 Å². The van der Waals surface area contributed by atoms with Gasteiger partial charge < -0.3 is 16.0 Å². The van der Waals surface area contributed by atoms with Crippen molar-refractivity contribution in [3.8, 4) is 0 Å². The van der Waals surface area contributed by atoms with Crippen LogP contribution in [0.5, 0.6) is 0 Å². The van der Waals surface area contributed by atoms with Crippen LogP contribution < -0.4 is 16.0 Å². The van der Waals surface area contributed by atoms with Gasteiger partial charge in [-0.1, -0.05) is 18.9 Å². The number of anilines is 2. The number of alkyl halides is 3. The molecule has 1 spiro atoms. The molecule has 0 bridgehead atoms. The van der Waals surface area contributed by atoms with Crippen LogP contribution in [0, 0.1) is 5.92 Å². The molecule has 1 fully saturated rings. The summed E-state index contributed by atoms with van der Waals surface area (Å²) < 4.78 is 62.6. The van der Waals surface area contributed by atoms with Gasteiger partial charge in [0.1, 0.15) is 23.7 Å². The number of aromatic nitrogens is 2. The molecular formula is C24H28F3N5O4S. The average molecular weight is 540 g/mol. The van der Waals surface area contributed by atoms with Crippen molar-refractivity contribution < 1.29 is 31.2 Å². The van der Waals surface area contributed by atoms with Gasteiger partial charge in [-0.05, 0) is 48.4 Å². The fourth-order valence-corrected chi connectivity index (χ4v) is 5.81. The van der Waals surface area contributed by atoms with E-state index in [4.69, 9.17) is 0 Å². The number of carbonyl (C=O) groups is 2. The number of carbonyl (C=O) groups excluding carboxylic acids is 2. The van der Waals surface area contributed by atoms with Gasteiger partial charge >= 0.3 is 6.18 Å². The molecule has 1 saturated carbocycles. The van der Waals surface area contributed by atoms with Crippen LogP contribution in [0.25, 0.3) is 0 Å². The van der Waals surface area contributed by atoms with Crippen molar-refractivity contribution in [3.05, 3.63) is 40.6 Å². The van der Waals surface area contributed by atoms with Gasteiger partial charge in [0, 0.05) is 24.9 Å². The van der Waals surface area contributed by atoms with E-state index in [1.807, 2.05) is 0 Å². The number of aryl methyl sites for hydroxylation is 2. The summed E-state index contributed by atoms with van der Waals surface area (Å²) in [5.41, 5.74) is 2.01. The third-order valence-electron chi connectivity index (χ3n) is 7.11. The Hall–Kier alpha value is -3.09. The van der Waals surface area contributed by atoms with E-state index in [1.165, 1.54) is 0 Å². The van der Waals surface area contributed by atoms with Gasteiger partial charge in [-0.3, -0.25) is 9.59 Å². The van der Waals surface area contributed by atoms with Gasteiger partial charge in [0.05, 0.1) is 11.2 Å². The molecule has 3 aliphatic rings. The second-order valence-electron chi connectivity index (χ2n) is 10.3. The lowest BCUT2D eigenvalue weighted by Crippen LogP contribution is -2.49. The monoisotopic (exact) mass is 539 g/mol. The highest BCUT2D eigenvalue weighted by Gasteiger charge is 2.46. The summed E-state index contributed by atoms with van der Waals surface area (Å²) in [6, 6.07) is 5.00. The summed E-state index contributed by atoms with van der Waals surface area (Å²) in [5.74, 6) is -1.11. The second kappa shape index (κ2) is 9.03. The largest absolute Gasteiger partial charge is 0.405 e. The number of nitrogens with one attached hydrogen (secondary N) is 3. The van der Waals surface area contributed by atoms with Gasteiger partial charge in [0.15, 0.2) is 9.84 Å². The Morgan fingerprint density at radius 3 is 2.73 bits per heavy atom. The molecule has 1 aliphatic heterocycles. The summed E-state index contributed by atoms with van der Waals surface area (Å²) in [4.78, 5) is 25.9. The zero-order chi connectivity index (χ0) is 26.6. The number of rotatable bonds is 8. The third-order valence-corrected chi connectivity index (χ3v) is 7.89. The van der Waals surface area contributed by atoms with E-state index >= 15 is 0 Å². The number of halogens is 3. The number of amides is 2.